The molecule has 2 aromatic rings. The number of hydrogen-bond acceptors (Lipinski definition) is 4. The smallest absolute Gasteiger partial charge is 0.347 e. The molecule has 0 aromatic carbocycles. The first kappa shape index (κ1) is 13.2. The van der Waals surface area contributed by atoms with Gasteiger partial charge >= 0.3 is 5.97 Å². The second kappa shape index (κ2) is 5.16. The van der Waals surface area contributed by atoms with Gasteiger partial charge in [0.2, 0.25) is 0 Å². The molecule has 2 rings (SSSR count). The molecule has 0 fully saturated rings. The SMILES string of the molecule is CC(C)c1nc(-c2ccc(Br)cn2)sc1C(=O)O. The van der Waals surface area contributed by atoms with Gasteiger partial charge in [0.25, 0.3) is 0 Å². The molecule has 0 saturated carbocycles. The Morgan fingerprint density at radius 2 is 2.17 bits per heavy atom. The Hall–Kier alpha value is -1.27. The third-order valence-corrected chi connectivity index (χ3v) is 3.89. The van der Waals surface area contributed by atoms with Gasteiger partial charge in [0.05, 0.1) is 11.4 Å². The molecule has 0 saturated heterocycles. The van der Waals surface area contributed by atoms with Gasteiger partial charge in [-0.1, -0.05) is 13.8 Å². The second-order valence-corrected chi connectivity index (χ2v) is 5.97. The molecule has 4 nitrogen and oxygen atoms in total. The standard InChI is InChI=1S/C12H11BrN2O2S/c1-6(2)9-10(12(16)17)18-11(15-9)8-4-3-7(13)5-14-8/h3-6H,1-2H3,(H,16,17). The Bertz CT molecular complexity index is 578. The van der Waals surface area contributed by atoms with Crippen LogP contribution in [0.2, 0.25) is 0 Å². The van der Waals surface area contributed by atoms with Crippen molar-refractivity contribution in [2.24, 2.45) is 0 Å². The maximum Gasteiger partial charge on any atom is 0.347 e. The summed E-state index contributed by atoms with van der Waals surface area (Å²) in [5.74, 6) is -0.851. The zero-order valence-electron chi connectivity index (χ0n) is 9.85. The van der Waals surface area contributed by atoms with Crippen LogP contribution in [0.25, 0.3) is 10.7 Å². The third kappa shape index (κ3) is 2.59. The van der Waals surface area contributed by atoms with Crippen LogP contribution in [0.4, 0.5) is 0 Å². The van der Waals surface area contributed by atoms with E-state index in [9.17, 15) is 4.79 Å². The van der Waals surface area contributed by atoms with Crippen molar-refractivity contribution in [3.05, 3.63) is 33.4 Å². The molecule has 0 bridgehead atoms. The lowest BCUT2D eigenvalue weighted by molar-refractivity contribution is 0.0700. The van der Waals surface area contributed by atoms with Crippen LogP contribution in [0.5, 0.6) is 0 Å². The highest BCUT2D eigenvalue weighted by atomic mass is 79.9. The monoisotopic (exact) mass is 326 g/mol. The van der Waals surface area contributed by atoms with Crippen LogP contribution in [0.3, 0.4) is 0 Å². The molecule has 0 aliphatic carbocycles. The summed E-state index contributed by atoms with van der Waals surface area (Å²) in [6, 6.07) is 3.68. The van der Waals surface area contributed by atoms with Crippen LogP contribution in [0.1, 0.15) is 35.1 Å². The number of carboxylic acid groups (broad SMARTS) is 1. The molecule has 0 aliphatic rings. The average Bonchev–Trinajstić information content (AvgIpc) is 2.75. The van der Waals surface area contributed by atoms with Gasteiger partial charge in [0.1, 0.15) is 9.88 Å². The normalized spacial score (nSPS) is 10.9. The molecule has 6 heteroatoms. The number of aromatic nitrogens is 2. The molecule has 0 amide bonds. The van der Waals surface area contributed by atoms with Gasteiger partial charge in [-0.05, 0) is 34.0 Å². The van der Waals surface area contributed by atoms with E-state index in [2.05, 4.69) is 25.9 Å². The highest BCUT2D eigenvalue weighted by Crippen LogP contribution is 2.31. The number of carbonyl (C=O) groups is 1. The van der Waals surface area contributed by atoms with Crippen molar-refractivity contribution in [1.29, 1.82) is 0 Å². The third-order valence-electron chi connectivity index (χ3n) is 2.34. The van der Waals surface area contributed by atoms with Gasteiger partial charge in [-0.2, -0.15) is 0 Å². The lowest BCUT2D eigenvalue weighted by Crippen LogP contribution is -2.00. The molecule has 1 N–H and O–H groups in total. The van der Waals surface area contributed by atoms with Crippen molar-refractivity contribution in [2.45, 2.75) is 19.8 Å². The van der Waals surface area contributed by atoms with E-state index in [4.69, 9.17) is 5.11 Å². The summed E-state index contributed by atoms with van der Waals surface area (Å²) < 4.78 is 0.880. The van der Waals surface area contributed by atoms with Gasteiger partial charge in [-0.15, -0.1) is 11.3 Å². The van der Waals surface area contributed by atoms with Gasteiger partial charge < -0.3 is 5.11 Å². The zero-order valence-corrected chi connectivity index (χ0v) is 12.2. The number of carboxylic acids is 1. The molecule has 18 heavy (non-hydrogen) atoms. The summed E-state index contributed by atoms with van der Waals surface area (Å²) >= 11 is 4.48. The predicted molar refractivity (Wildman–Crippen MR) is 74.1 cm³/mol. The zero-order chi connectivity index (χ0) is 13.3. The second-order valence-electron chi connectivity index (χ2n) is 4.05. The number of nitrogens with zero attached hydrogens (tertiary/aromatic N) is 2. The quantitative estimate of drug-likeness (QED) is 0.932. The minimum Gasteiger partial charge on any atom is -0.477 e. The van der Waals surface area contributed by atoms with Crippen LogP contribution in [0.15, 0.2) is 22.8 Å². The van der Waals surface area contributed by atoms with E-state index >= 15 is 0 Å². The van der Waals surface area contributed by atoms with E-state index in [1.54, 1.807) is 6.20 Å². The minimum atomic E-state index is -0.931. The first-order chi connectivity index (χ1) is 8.49. The first-order valence-corrected chi connectivity index (χ1v) is 6.96. The van der Waals surface area contributed by atoms with E-state index in [1.807, 2.05) is 26.0 Å². The largest absolute Gasteiger partial charge is 0.477 e. The molecule has 0 unspecified atom stereocenters. The summed E-state index contributed by atoms with van der Waals surface area (Å²) in [4.78, 5) is 20.1. The van der Waals surface area contributed by atoms with Gasteiger partial charge in [-0.25, -0.2) is 9.78 Å². The minimum absolute atomic E-state index is 0.0801. The fourth-order valence-corrected chi connectivity index (χ4v) is 2.76. The molecule has 0 spiro atoms. The highest BCUT2D eigenvalue weighted by Gasteiger charge is 2.20. The molecule has 94 valence electrons. The Kier molecular flexibility index (Phi) is 3.77. The van der Waals surface area contributed by atoms with Gasteiger partial charge in [0, 0.05) is 10.7 Å². The first-order valence-electron chi connectivity index (χ1n) is 5.35. The number of rotatable bonds is 3. The Labute approximate surface area is 117 Å². The number of halogens is 1. The van der Waals surface area contributed by atoms with Crippen LogP contribution < -0.4 is 0 Å². The van der Waals surface area contributed by atoms with Crippen LogP contribution >= 0.6 is 27.3 Å². The number of thiazole rings is 1. The van der Waals surface area contributed by atoms with E-state index in [0.717, 1.165) is 4.47 Å². The summed E-state index contributed by atoms with van der Waals surface area (Å²) in [6.45, 7) is 3.86. The van der Waals surface area contributed by atoms with Crippen molar-refractivity contribution >= 4 is 33.2 Å². The predicted octanol–water partition coefficient (Wildman–Crippen LogP) is 3.79. The van der Waals surface area contributed by atoms with Gasteiger partial charge in [-0.3, -0.25) is 4.98 Å². The van der Waals surface area contributed by atoms with E-state index < -0.39 is 5.97 Å². The molecule has 2 aromatic heterocycles. The van der Waals surface area contributed by atoms with Crippen molar-refractivity contribution in [3.63, 3.8) is 0 Å². The molecule has 2 heterocycles. The summed E-state index contributed by atoms with van der Waals surface area (Å²) in [6.07, 6.45) is 1.67. The van der Waals surface area contributed by atoms with Crippen LogP contribution in [0, 0.1) is 0 Å². The van der Waals surface area contributed by atoms with Crippen molar-refractivity contribution in [3.8, 4) is 10.7 Å². The fourth-order valence-electron chi connectivity index (χ4n) is 1.49. The number of aromatic carboxylic acids is 1. The topological polar surface area (TPSA) is 63.1 Å². The van der Waals surface area contributed by atoms with Gasteiger partial charge in [0.15, 0.2) is 0 Å². The lowest BCUT2D eigenvalue weighted by atomic mass is 10.1. The molecule has 0 aliphatic heterocycles. The molecule has 0 atom stereocenters. The van der Waals surface area contributed by atoms with E-state index in [-0.39, 0.29) is 5.92 Å². The number of hydrogen-bond donors (Lipinski definition) is 1. The molecule has 0 radical (unpaired) electrons. The van der Waals surface area contributed by atoms with Crippen LogP contribution in [-0.2, 0) is 0 Å². The lowest BCUT2D eigenvalue weighted by Gasteiger charge is -2.00. The van der Waals surface area contributed by atoms with Crippen molar-refractivity contribution in [2.75, 3.05) is 0 Å². The summed E-state index contributed by atoms with van der Waals surface area (Å²) in [7, 11) is 0. The van der Waals surface area contributed by atoms with E-state index in [1.165, 1.54) is 11.3 Å². The number of pyridine rings is 1. The maximum absolute atomic E-state index is 11.2. The molecular formula is C12H11BrN2O2S. The Morgan fingerprint density at radius 1 is 1.44 bits per heavy atom. The summed E-state index contributed by atoms with van der Waals surface area (Å²) in [5.41, 5.74) is 1.31. The summed E-state index contributed by atoms with van der Waals surface area (Å²) in [5, 5.41) is 9.80. The fraction of sp³-hybridized carbons (Fsp3) is 0.250. The maximum atomic E-state index is 11.2. The molecular weight excluding hydrogens is 316 g/mol. The van der Waals surface area contributed by atoms with E-state index in [0.29, 0.717) is 21.3 Å². The average molecular weight is 327 g/mol. The van der Waals surface area contributed by atoms with Crippen molar-refractivity contribution < 1.29 is 9.90 Å². The van der Waals surface area contributed by atoms with Crippen LogP contribution in [-0.4, -0.2) is 21.0 Å². The van der Waals surface area contributed by atoms with Crippen molar-refractivity contribution in [1.82, 2.24) is 9.97 Å². The Balaban J connectivity index is 2.49. The highest BCUT2D eigenvalue weighted by molar-refractivity contribution is 9.10. The Morgan fingerprint density at radius 3 is 2.61 bits per heavy atom.